The molecule has 0 aromatic heterocycles. The Labute approximate surface area is 84.9 Å². The molecule has 1 aliphatic heterocycles. The lowest BCUT2D eigenvalue weighted by atomic mass is 9.95. The highest BCUT2D eigenvalue weighted by Gasteiger charge is 2.35. The van der Waals surface area contributed by atoms with Crippen LogP contribution in [-0.2, 0) is 9.59 Å². The average Bonchev–Trinajstić information content (AvgIpc) is 2.20. The molecule has 2 amide bonds. The van der Waals surface area contributed by atoms with E-state index < -0.39 is 0 Å². The molecule has 0 spiro atoms. The van der Waals surface area contributed by atoms with E-state index in [0.29, 0.717) is 13.1 Å². The van der Waals surface area contributed by atoms with Gasteiger partial charge in [-0.25, -0.2) is 0 Å². The van der Waals surface area contributed by atoms with Gasteiger partial charge in [-0.15, -0.1) is 0 Å². The zero-order valence-electron chi connectivity index (χ0n) is 8.99. The molecule has 1 fully saturated rings. The van der Waals surface area contributed by atoms with Crippen molar-refractivity contribution in [2.24, 2.45) is 5.92 Å². The fraction of sp³-hybridized carbons (Fsp3) is 0.800. The third-order valence-corrected chi connectivity index (χ3v) is 2.94. The Morgan fingerprint density at radius 2 is 2.21 bits per heavy atom. The molecular formula is C10H17N2O2. The number of carbonyl (C=O) groups is 1. The van der Waals surface area contributed by atoms with Crippen molar-refractivity contribution in [1.82, 2.24) is 9.80 Å². The second-order valence-electron chi connectivity index (χ2n) is 3.87. The second-order valence-corrected chi connectivity index (χ2v) is 3.87. The summed E-state index contributed by atoms with van der Waals surface area (Å²) in [5, 5.41) is 0. The number of hydrogen-bond donors (Lipinski definition) is 0. The summed E-state index contributed by atoms with van der Waals surface area (Å²) in [6.45, 7) is 5.23. The lowest BCUT2D eigenvalue weighted by Crippen LogP contribution is -2.57. The second kappa shape index (κ2) is 4.44. The van der Waals surface area contributed by atoms with E-state index in [1.54, 1.807) is 11.9 Å². The molecular weight excluding hydrogens is 180 g/mol. The van der Waals surface area contributed by atoms with Crippen LogP contribution in [0.4, 0.5) is 0 Å². The van der Waals surface area contributed by atoms with E-state index in [1.165, 1.54) is 4.90 Å². The minimum absolute atomic E-state index is 0.0361. The largest absolute Gasteiger partial charge is 0.342 e. The zero-order valence-corrected chi connectivity index (χ0v) is 8.99. The number of likely N-dealkylation sites (N-methyl/N-ethyl adjacent to an activating group) is 1. The van der Waals surface area contributed by atoms with E-state index in [0.717, 1.165) is 6.42 Å². The van der Waals surface area contributed by atoms with E-state index in [4.69, 9.17) is 0 Å². The first-order valence-electron chi connectivity index (χ1n) is 5.01. The van der Waals surface area contributed by atoms with Gasteiger partial charge in [-0.3, -0.25) is 9.59 Å². The summed E-state index contributed by atoms with van der Waals surface area (Å²) in [6, 6.07) is -0.309. The molecule has 1 heterocycles. The Bertz CT molecular complexity index is 230. The van der Waals surface area contributed by atoms with Gasteiger partial charge in [0.1, 0.15) is 6.04 Å². The van der Waals surface area contributed by atoms with Crippen LogP contribution in [0.2, 0.25) is 0 Å². The molecule has 4 nitrogen and oxygen atoms in total. The molecule has 0 saturated carbocycles. The highest BCUT2D eigenvalue weighted by atomic mass is 16.2. The van der Waals surface area contributed by atoms with Gasteiger partial charge in [-0.1, -0.05) is 20.3 Å². The number of nitrogens with zero attached hydrogens (tertiary/aromatic N) is 2. The first-order chi connectivity index (χ1) is 6.61. The molecule has 1 rings (SSSR count). The molecule has 1 radical (unpaired) electrons. The molecule has 0 aromatic rings. The number of carbonyl (C=O) groups excluding carboxylic acids is 2. The van der Waals surface area contributed by atoms with Crippen molar-refractivity contribution >= 4 is 12.3 Å². The van der Waals surface area contributed by atoms with Crippen LogP contribution in [0.5, 0.6) is 0 Å². The maximum absolute atomic E-state index is 11.8. The third kappa shape index (κ3) is 1.89. The Morgan fingerprint density at radius 1 is 1.57 bits per heavy atom. The first kappa shape index (κ1) is 11.0. The summed E-state index contributed by atoms with van der Waals surface area (Å²) in [5.74, 6) is 0.237. The van der Waals surface area contributed by atoms with Gasteiger partial charge in [0.15, 0.2) is 0 Å². The van der Waals surface area contributed by atoms with Crippen LogP contribution in [0, 0.1) is 5.92 Å². The zero-order chi connectivity index (χ0) is 10.7. The summed E-state index contributed by atoms with van der Waals surface area (Å²) in [6.07, 6.45) is 2.75. The number of rotatable bonds is 3. The molecule has 0 N–H and O–H groups in total. The van der Waals surface area contributed by atoms with Crippen molar-refractivity contribution in [2.45, 2.75) is 26.3 Å². The fourth-order valence-corrected chi connectivity index (χ4v) is 1.74. The van der Waals surface area contributed by atoms with E-state index in [1.807, 2.05) is 20.3 Å². The number of amides is 2. The minimum atomic E-state index is -0.309. The van der Waals surface area contributed by atoms with E-state index in [-0.39, 0.29) is 17.9 Å². The van der Waals surface area contributed by atoms with Gasteiger partial charge in [-0.05, 0) is 5.92 Å². The average molecular weight is 197 g/mol. The summed E-state index contributed by atoms with van der Waals surface area (Å²) < 4.78 is 0. The van der Waals surface area contributed by atoms with Gasteiger partial charge in [-0.2, -0.15) is 0 Å². The molecule has 2 unspecified atom stereocenters. The summed E-state index contributed by atoms with van der Waals surface area (Å²) in [4.78, 5) is 25.7. The van der Waals surface area contributed by atoms with Crippen LogP contribution in [0.1, 0.15) is 20.3 Å². The topological polar surface area (TPSA) is 40.6 Å². The summed E-state index contributed by atoms with van der Waals surface area (Å²) >= 11 is 0. The predicted octanol–water partition coefficient (Wildman–Crippen LogP) is 0.242. The van der Waals surface area contributed by atoms with Crippen LogP contribution < -0.4 is 0 Å². The van der Waals surface area contributed by atoms with Crippen LogP contribution in [0.25, 0.3) is 0 Å². The van der Waals surface area contributed by atoms with Crippen molar-refractivity contribution in [1.29, 1.82) is 0 Å². The lowest BCUT2D eigenvalue weighted by molar-refractivity contribution is -0.139. The van der Waals surface area contributed by atoms with Crippen molar-refractivity contribution in [3.05, 3.63) is 0 Å². The molecule has 1 aliphatic rings. The standard InChI is InChI=1S/C10H17N2O2/c1-4-8(2)9-10(14)11(3)5-6-12(9)7-13/h8-9H,4-6H2,1-3H3. The van der Waals surface area contributed by atoms with Gasteiger partial charge >= 0.3 is 6.41 Å². The van der Waals surface area contributed by atoms with Gasteiger partial charge in [0.05, 0.1) is 0 Å². The van der Waals surface area contributed by atoms with Gasteiger partial charge in [0.2, 0.25) is 5.91 Å². The minimum Gasteiger partial charge on any atom is -0.342 e. The Morgan fingerprint density at radius 3 is 2.71 bits per heavy atom. The monoisotopic (exact) mass is 197 g/mol. The van der Waals surface area contributed by atoms with Crippen LogP contribution >= 0.6 is 0 Å². The normalized spacial score (nSPS) is 25.1. The van der Waals surface area contributed by atoms with E-state index in [9.17, 15) is 9.59 Å². The van der Waals surface area contributed by atoms with Crippen molar-refractivity contribution in [2.75, 3.05) is 20.1 Å². The quantitative estimate of drug-likeness (QED) is 0.650. The predicted molar refractivity (Wildman–Crippen MR) is 53.3 cm³/mol. The highest BCUT2D eigenvalue weighted by Crippen LogP contribution is 2.18. The SMILES string of the molecule is CCC(C)C1C(=O)N(C)CCN1[C]=O. The Balaban J connectivity index is 2.81. The molecule has 0 bridgehead atoms. The molecule has 0 aromatic carbocycles. The van der Waals surface area contributed by atoms with Crippen molar-refractivity contribution in [3.8, 4) is 0 Å². The van der Waals surface area contributed by atoms with Gasteiger partial charge < -0.3 is 9.80 Å². The Kier molecular flexibility index (Phi) is 3.49. The molecule has 14 heavy (non-hydrogen) atoms. The van der Waals surface area contributed by atoms with Crippen LogP contribution in [0.3, 0.4) is 0 Å². The van der Waals surface area contributed by atoms with Crippen LogP contribution in [-0.4, -0.2) is 48.3 Å². The number of hydrogen-bond acceptors (Lipinski definition) is 2. The number of piperazine rings is 1. The Hall–Kier alpha value is -1.06. The molecule has 1 saturated heterocycles. The van der Waals surface area contributed by atoms with E-state index in [2.05, 4.69) is 0 Å². The molecule has 2 atom stereocenters. The molecule has 0 aliphatic carbocycles. The fourth-order valence-electron chi connectivity index (χ4n) is 1.74. The molecule has 4 heteroatoms. The van der Waals surface area contributed by atoms with E-state index >= 15 is 0 Å². The van der Waals surface area contributed by atoms with Gasteiger partial charge in [0, 0.05) is 20.1 Å². The first-order valence-corrected chi connectivity index (χ1v) is 5.01. The maximum Gasteiger partial charge on any atom is 0.312 e. The molecule has 79 valence electrons. The highest BCUT2D eigenvalue weighted by molar-refractivity contribution is 5.84. The lowest BCUT2D eigenvalue weighted by Gasteiger charge is -2.39. The summed E-state index contributed by atoms with van der Waals surface area (Å²) in [7, 11) is 1.78. The van der Waals surface area contributed by atoms with Crippen molar-refractivity contribution in [3.63, 3.8) is 0 Å². The van der Waals surface area contributed by atoms with Crippen LogP contribution in [0.15, 0.2) is 0 Å². The maximum atomic E-state index is 11.8. The van der Waals surface area contributed by atoms with Crippen molar-refractivity contribution < 1.29 is 9.59 Å². The smallest absolute Gasteiger partial charge is 0.312 e. The third-order valence-electron chi connectivity index (χ3n) is 2.94. The summed E-state index contributed by atoms with van der Waals surface area (Å²) in [5.41, 5.74) is 0. The van der Waals surface area contributed by atoms with Gasteiger partial charge in [0.25, 0.3) is 0 Å².